The van der Waals surface area contributed by atoms with E-state index in [1.807, 2.05) is 6.07 Å². The molecule has 230 valence electrons. The summed E-state index contributed by atoms with van der Waals surface area (Å²) in [7, 11) is 0. The van der Waals surface area contributed by atoms with Crippen LogP contribution in [0.1, 0.15) is 90.0 Å². The van der Waals surface area contributed by atoms with Gasteiger partial charge in [0.05, 0.1) is 6.26 Å². The number of likely N-dealkylation sites (tertiary alicyclic amines) is 1. The predicted molar refractivity (Wildman–Crippen MR) is 152 cm³/mol. The molecule has 1 aromatic rings. The minimum atomic E-state index is -0.525. The Morgan fingerprint density at radius 3 is 2.57 bits per heavy atom. The van der Waals surface area contributed by atoms with Crippen molar-refractivity contribution in [3.8, 4) is 0 Å². The molecular weight excluding hydrogens is 538 g/mol. The predicted octanol–water partition coefficient (Wildman–Crippen LogP) is 5.06. The Morgan fingerprint density at radius 1 is 1.02 bits per heavy atom. The third-order valence-electron chi connectivity index (χ3n) is 12.5. The quantitative estimate of drug-likeness (QED) is 0.336. The van der Waals surface area contributed by atoms with E-state index in [9.17, 15) is 14.4 Å². The molecule has 3 heterocycles. The molecule has 0 bridgehead atoms. The maximum absolute atomic E-state index is 12.5. The van der Waals surface area contributed by atoms with E-state index in [2.05, 4.69) is 18.7 Å². The highest BCUT2D eigenvalue weighted by Gasteiger charge is 2.84. The van der Waals surface area contributed by atoms with Gasteiger partial charge in [0.25, 0.3) is 0 Å². The largest absolute Gasteiger partial charge is 0.508 e. The zero-order valence-electron chi connectivity index (χ0n) is 25.2. The lowest BCUT2D eigenvalue weighted by atomic mass is 9.44. The van der Waals surface area contributed by atoms with Gasteiger partial charge in [-0.25, -0.2) is 9.59 Å². The number of nitrogens with zero attached hydrogens (tertiary/aromatic N) is 1. The van der Waals surface area contributed by atoms with Crippen molar-refractivity contribution in [2.75, 3.05) is 26.2 Å². The maximum atomic E-state index is 12.5. The van der Waals surface area contributed by atoms with Crippen LogP contribution < -0.4 is 5.63 Å². The van der Waals surface area contributed by atoms with Crippen molar-refractivity contribution in [1.82, 2.24) is 4.90 Å². The molecule has 2 aliphatic heterocycles. The van der Waals surface area contributed by atoms with Crippen LogP contribution in [0.25, 0.3) is 0 Å². The molecule has 4 saturated carbocycles. The number of fused-ring (bicyclic) bond motifs is 3. The van der Waals surface area contributed by atoms with Crippen molar-refractivity contribution in [3.63, 3.8) is 0 Å². The minimum Gasteiger partial charge on any atom is -0.459 e. The normalized spacial score (nSPS) is 43.8. The van der Waals surface area contributed by atoms with Gasteiger partial charge in [0, 0.05) is 30.9 Å². The number of hydrogen-bond acceptors (Lipinski definition) is 9. The molecule has 42 heavy (non-hydrogen) atoms. The Morgan fingerprint density at radius 2 is 1.83 bits per heavy atom. The fourth-order valence-corrected chi connectivity index (χ4v) is 10.6. The molecular formula is C33H45NO8. The van der Waals surface area contributed by atoms with Crippen molar-refractivity contribution < 1.29 is 33.0 Å². The molecule has 7 rings (SSSR count). The van der Waals surface area contributed by atoms with Crippen LogP contribution in [-0.2, 0) is 23.7 Å². The summed E-state index contributed by atoms with van der Waals surface area (Å²) in [6.07, 6.45) is 9.75. The van der Waals surface area contributed by atoms with Gasteiger partial charge in [-0.1, -0.05) is 13.8 Å². The van der Waals surface area contributed by atoms with Crippen molar-refractivity contribution in [2.24, 2.45) is 28.6 Å². The smallest absolute Gasteiger partial charge is 0.459 e. The molecule has 1 spiro atoms. The van der Waals surface area contributed by atoms with Crippen LogP contribution in [0.15, 0.2) is 27.6 Å². The first kappa shape index (κ1) is 28.4. The third kappa shape index (κ3) is 4.35. The van der Waals surface area contributed by atoms with Crippen LogP contribution in [-0.4, -0.2) is 67.2 Å². The maximum Gasteiger partial charge on any atom is 0.508 e. The fourth-order valence-electron chi connectivity index (χ4n) is 10.6. The average Bonchev–Trinajstić information content (AvgIpc) is 3.39. The number of rotatable bonds is 6. The molecule has 9 nitrogen and oxygen atoms in total. The summed E-state index contributed by atoms with van der Waals surface area (Å²) in [5, 5.41) is 0. The van der Waals surface area contributed by atoms with Gasteiger partial charge in [-0.2, -0.15) is 0 Å². The summed E-state index contributed by atoms with van der Waals surface area (Å²) < 4.78 is 29.3. The second kappa shape index (κ2) is 10.4. The van der Waals surface area contributed by atoms with Gasteiger partial charge in [-0.05, 0) is 106 Å². The summed E-state index contributed by atoms with van der Waals surface area (Å²) in [5.41, 5.74) is 0.0797. The standard InChI is InChI=1S/C33H45NO8/c1-20(35)40-28-27(21-6-9-26(36)39-19-21)32(3)13-11-24-25(33(32)29(28)42-33)8-7-22-18-23(10-12-31(22,24)2)41-30(37)38-17-16-34-14-4-5-15-34/h6,9,19,22-25,27-29H,4-5,7-8,10-18H2,1-3H3/t22-,23+,24+,25-,27+,28-,29-,31+,32-,33-/m1/s1. The van der Waals surface area contributed by atoms with Gasteiger partial charge >= 0.3 is 17.8 Å². The molecule has 9 heteroatoms. The minimum absolute atomic E-state index is 0.0865. The molecule has 0 radical (unpaired) electrons. The summed E-state index contributed by atoms with van der Waals surface area (Å²) in [6, 6.07) is 3.29. The zero-order valence-corrected chi connectivity index (χ0v) is 25.2. The van der Waals surface area contributed by atoms with Crippen LogP contribution >= 0.6 is 0 Å². The SMILES string of the molecule is CC(=O)O[C@H]1[C@H]2O[C@]23[C@@H]2CC[C@@H]4C[C@@H](OC(=O)OCCN5CCCC5)CC[C@]4(C)[C@H]2CC[C@]3(C)[C@H]1c1ccc(=O)oc1. The van der Waals surface area contributed by atoms with Crippen molar-refractivity contribution in [2.45, 2.75) is 108 Å². The van der Waals surface area contributed by atoms with E-state index in [4.69, 9.17) is 23.4 Å². The van der Waals surface area contributed by atoms with E-state index < -0.39 is 12.3 Å². The Bertz CT molecular complexity index is 1250. The van der Waals surface area contributed by atoms with Gasteiger partial charge in [0.1, 0.15) is 30.5 Å². The highest BCUT2D eigenvalue weighted by Crippen LogP contribution is 2.78. The summed E-state index contributed by atoms with van der Waals surface area (Å²) in [6.45, 7) is 9.57. The van der Waals surface area contributed by atoms with Gasteiger partial charge < -0.3 is 23.4 Å². The van der Waals surface area contributed by atoms with Crippen molar-refractivity contribution in [1.29, 1.82) is 0 Å². The third-order valence-corrected chi connectivity index (χ3v) is 12.5. The molecule has 6 aliphatic rings. The van der Waals surface area contributed by atoms with E-state index in [0.29, 0.717) is 24.4 Å². The van der Waals surface area contributed by atoms with E-state index in [1.54, 1.807) is 6.26 Å². The molecule has 6 fully saturated rings. The molecule has 10 atom stereocenters. The lowest BCUT2D eigenvalue weighted by Crippen LogP contribution is -2.58. The Labute approximate surface area is 247 Å². The molecule has 0 aromatic carbocycles. The molecule has 0 unspecified atom stereocenters. The monoisotopic (exact) mass is 583 g/mol. The van der Waals surface area contributed by atoms with E-state index in [0.717, 1.165) is 70.1 Å². The summed E-state index contributed by atoms with van der Waals surface area (Å²) in [5.74, 6) is 0.951. The van der Waals surface area contributed by atoms with Crippen LogP contribution in [0.5, 0.6) is 0 Å². The van der Waals surface area contributed by atoms with Gasteiger partial charge in [0.15, 0.2) is 0 Å². The Hall–Kier alpha value is -2.39. The van der Waals surface area contributed by atoms with Crippen LogP contribution in [0.3, 0.4) is 0 Å². The summed E-state index contributed by atoms with van der Waals surface area (Å²) in [4.78, 5) is 38.8. The van der Waals surface area contributed by atoms with Crippen molar-refractivity contribution >= 4 is 12.1 Å². The van der Waals surface area contributed by atoms with E-state index in [-0.39, 0.29) is 46.2 Å². The molecule has 0 N–H and O–H groups in total. The fraction of sp³-hybridized carbons (Fsp3) is 0.788. The number of ether oxygens (including phenoxy) is 4. The van der Waals surface area contributed by atoms with Gasteiger partial charge in [-0.3, -0.25) is 9.69 Å². The lowest BCUT2D eigenvalue weighted by Gasteiger charge is -2.61. The van der Waals surface area contributed by atoms with Crippen LogP contribution in [0.4, 0.5) is 4.79 Å². The second-order valence-electron chi connectivity index (χ2n) is 14.4. The first-order valence-electron chi connectivity index (χ1n) is 16.2. The Kier molecular flexibility index (Phi) is 7.00. The summed E-state index contributed by atoms with van der Waals surface area (Å²) >= 11 is 0. The van der Waals surface area contributed by atoms with Gasteiger partial charge in [-0.15, -0.1) is 0 Å². The van der Waals surface area contributed by atoms with Crippen LogP contribution in [0, 0.1) is 28.6 Å². The number of hydrogen-bond donors (Lipinski definition) is 0. The van der Waals surface area contributed by atoms with E-state index in [1.165, 1.54) is 25.8 Å². The van der Waals surface area contributed by atoms with E-state index >= 15 is 0 Å². The first-order chi connectivity index (χ1) is 20.2. The Balaban J connectivity index is 1.05. The molecule has 1 aromatic heterocycles. The highest BCUT2D eigenvalue weighted by atomic mass is 16.7. The van der Waals surface area contributed by atoms with Crippen LogP contribution in [0.2, 0.25) is 0 Å². The zero-order chi connectivity index (χ0) is 29.3. The topological polar surface area (TPSA) is 108 Å². The first-order valence-corrected chi connectivity index (χ1v) is 16.2. The number of esters is 1. The molecule has 0 amide bonds. The molecule has 4 aliphatic carbocycles. The average molecular weight is 584 g/mol. The second-order valence-corrected chi connectivity index (χ2v) is 14.4. The number of epoxide rings is 1. The molecule has 2 saturated heterocycles. The van der Waals surface area contributed by atoms with Gasteiger partial charge in [0.2, 0.25) is 0 Å². The number of carbonyl (C=O) groups is 2. The lowest BCUT2D eigenvalue weighted by molar-refractivity contribution is -0.158. The number of carbonyl (C=O) groups excluding carboxylic acids is 2. The highest BCUT2D eigenvalue weighted by molar-refractivity contribution is 5.67. The van der Waals surface area contributed by atoms with Crippen molar-refractivity contribution in [3.05, 3.63) is 34.4 Å².